The number of pyridine rings is 1. The van der Waals surface area contributed by atoms with E-state index in [1.165, 1.54) is 30.2 Å². The Bertz CT molecular complexity index is 1290. The molecule has 208 valence electrons. The number of amides is 5. The van der Waals surface area contributed by atoms with Gasteiger partial charge in [0.25, 0.3) is 11.8 Å². The lowest BCUT2D eigenvalue weighted by molar-refractivity contribution is -0.140. The van der Waals surface area contributed by atoms with Gasteiger partial charge >= 0.3 is 12.2 Å². The van der Waals surface area contributed by atoms with Crippen LogP contribution in [0.4, 0.5) is 22.4 Å². The van der Waals surface area contributed by atoms with Crippen LogP contribution in [0.1, 0.15) is 34.3 Å². The van der Waals surface area contributed by atoms with E-state index in [0.717, 1.165) is 4.90 Å². The number of hydrogen-bond acceptors (Lipinski definition) is 6. The molecule has 2 aliphatic rings. The van der Waals surface area contributed by atoms with E-state index >= 15 is 0 Å². The first-order valence-corrected chi connectivity index (χ1v) is 11.9. The summed E-state index contributed by atoms with van der Waals surface area (Å²) in [5.74, 6) is -2.90. The number of carbonyl (C=O) groups is 4. The number of methoxy groups -OCH3 is 1. The number of nitrogens with one attached hydrogen (secondary N) is 1. The molecule has 2 aromatic rings. The predicted molar refractivity (Wildman–Crippen MR) is 127 cm³/mol. The van der Waals surface area contributed by atoms with Gasteiger partial charge in [-0.2, -0.15) is 13.2 Å². The van der Waals surface area contributed by atoms with Crippen molar-refractivity contribution in [1.29, 1.82) is 0 Å². The third kappa shape index (κ3) is 5.36. The molecule has 1 aromatic heterocycles. The standard InChI is InChI=1S/C25H25F4N5O5/c1-32-22(37)24(34(23(32)38)14-15-3-6-19(39-2)30-12-15)7-9-33(10-8-24)20(35)13-31-21(36)17-11-16(25(27,28)29)4-5-18(17)26/h3-6,11-12H,7-10,13-14H2,1-2H3,(H,31,36). The van der Waals surface area contributed by atoms with Crippen molar-refractivity contribution in [2.45, 2.75) is 31.1 Å². The Balaban J connectivity index is 1.40. The molecular weight excluding hydrogens is 526 g/mol. The summed E-state index contributed by atoms with van der Waals surface area (Å²) in [4.78, 5) is 59.1. The number of imide groups is 1. The lowest BCUT2D eigenvalue weighted by atomic mass is 9.85. The molecule has 0 aliphatic carbocycles. The van der Waals surface area contributed by atoms with Gasteiger partial charge in [-0.1, -0.05) is 6.07 Å². The average molecular weight is 551 g/mol. The summed E-state index contributed by atoms with van der Waals surface area (Å²) in [6, 6.07) is 4.31. The maximum Gasteiger partial charge on any atom is 0.416 e. The number of likely N-dealkylation sites (N-methyl/N-ethyl adjacent to an activating group) is 1. The van der Waals surface area contributed by atoms with Gasteiger partial charge in [0.05, 0.1) is 31.3 Å². The zero-order valence-electron chi connectivity index (χ0n) is 21.0. The summed E-state index contributed by atoms with van der Waals surface area (Å²) in [7, 11) is 2.86. The first kappa shape index (κ1) is 27.8. The molecule has 0 atom stereocenters. The molecule has 0 bridgehead atoms. The van der Waals surface area contributed by atoms with Gasteiger partial charge in [0.2, 0.25) is 11.8 Å². The number of hydrogen-bond donors (Lipinski definition) is 1. The number of likely N-dealkylation sites (tertiary alicyclic amines) is 1. The van der Waals surface area contributed by atoms with Crippen molar-refractivity contribution in [2.75, 3.05) is 33.8 Å². The van der Waals surface area contributed by atoms with Crippen LogP contribution >= 0.6 is 0 Å². The van der Waals surface area contributed by atoms with Gasteiger partial charge in [0.15, 0.2) is 0 Å². The van der Waals surface area contributed by atoms with Gasteiger partial charge < -0.3 is 19.9 Å². The van der Waals surface area contributed by atoms with E-state index in [1.807, 2.05) is 0 Å². The van der Waals surface area contributed by atoms with Crippen LogP contribution in [-0.4, -0.2) is 82.8 Å². The molecule has 1 spiro atoms. The number of aromatic nitrogens is 1. The molecule has 0 saturated carbocycles. The number of carbonyl (C=O) groups excluding carboxylic acids is 4. The van der Waals surface area contributed by atoms with Crippen LogP contribution < -0.4 is 10.1 Å². The van der Waals surface area contributed by atoms with Crippen molar-refractivity contribution < 1.29 is 41.5 Å². The summed E-state index contributed by atoms with van der Waals surface area (Å²) in [6.07, 6.45) is -2.97. The van der Waals surface area contributed by atoms with Crippen LogP contribution in [0.5, 0.6) is 5.88 Å². The number of benzene rings is 1. The first-order valence-electron chi connectivity index (χ1n) is 11.9. The first-order chi connectivity index (χ1) is 18.4. The summed E-state index contributed by atoms with van der Waals surface area (Å²) in [6.45, 7) is -0.318. The largest absolute Gasteiger partial charge is 0.481 e. The zero-order chi connectivity index (χ0) is 28.5. The molecule has 0 radical (unpaired) electrons. The summed E-state index contributed by atoms with van der Waals surface area (Å²) >= 11 is 0. The molecule has 4 rings (SSSR count). The second-order valence-electron chi connectivity index (χ2n) is 9.23. The van der Waals surface area contributed by atoms with Gasteiger partial charge in [-0.15, -0.1) is 0 Å². The highest BCUT2D eigenvalue weighted by atomic mass is 19.4. The molecule has 2 aliphatic heterocycles. The van der Waals surface area contributed by atoms with Gasteiger partial charge in [-0.3, -0.25) is 19.3 Å². The third-order valence-electron chi connectivity index (χ3n) is 6.97. The van der Waals surface area contributed by atoms with Gasteiger partial charge in [-0.25, -0.2) is 14.2 Å². The predicted octanol–water partition coefficient (Wildman–Crippen LogP) is 2.43. The minimum Gasteiger partial charge on any atom is -0.481 e. The SMILES string of the molecule is COc1ccc(CN2C(=O)N(C)C(=O)C23CCN(C(=O)CNC(=O)c2cc(C(F)(F)F)ccc2F)CC3)cn1. The number of ether oxygens (including phenoxy) is 1. The van der Waals surface area contributed by atoms with Crippen molar-refractivity contribution in [3.63, 3.8) is 0 Å². The smallest absolute Gasteiger partial charge is 0.416 e. The molecule has 0 unspecified atom stereocenters. The highest BCUT2D eigenvalue weighted by molar-refractivity contribution is 6.07. The highest BCUT2D eigenvalue weighted by Gasteiger charge is 2.57. The number of urea groups is 1. The van der Waals surface area contributed by atoms with Crippen molar-refractivity contribution in [1.82, 2.24) is 25.0 Å². The van der Waals surface area contributed by atoms with Crippen molar-refractivity contribution >= 4 is 23.8 Å². The molecule has 1 aromatic carbocycles. The van der Waals surface area contributed by atoms with Crippen LogP contribution in [-0.2, 0) is 22.3 Å². The Morgan fingerprint density at radius 3 is 2.41 bits per heavy atom. The topological polar surface area (TPSA) is 112 Å². The summed E-state index contributed by atoms with van der Waals surface area (Å²) in [5.41, 5.74) is -2.53. The number of alkyl halides is 3. The average Bonchev–Trinajstić information content (AvgIpc) is 3.08. The van der Waals surface area contributed by atoms with E-state index in [0.29, 0.717) is 29.6 Å². The summed E-state index contributed by atoms with van der Waals surface area (Å²) < 4.78 is 57.8. The van der Waals surface area contributed by atoms with E-state index in [-0.39, 0.29) is 32.5 Å². The van der Waals surface area contributed by atoms with Gasteiger partial charge in [-0.05, 0) is 36.6 Å². The lowest BCUT2D eigenvalue weighted by Crippen LogP contribution is -2.57. The molecular formula is C25H25F4N5O5. The third-order valence-corrected chi connectivity index (χ3v) is 6.97. The summed E-state index contributed by atoms with van der Waals surface area (Å²) in [5, 5.41) is 2.16. The minimum absolute atomic E-state index is 0.0802. The second kappa shape index (κ2) is 10.5. The molecule has 3 heterocycles. The minimum atomic E-state index is -4.77. The van der Waals surface area contributed by atoms with Crippen molar-refractivity contribution in [3.8, 4) is 5.88 Å². The van der Waals surface area contributed by atoms with E-state index in [2.05, 4.69) is 10.3 Å². The molecule has 10 nitrogen and oxygen atoms in total. The van der Waals surface area contributed by atoms with E-state index in [9.17, 15) is 36.7 Å². The monoisotopic (exact) mass is 551 g/mol. The van der Waals surface area contributed by atoms with E-state index < -0.39 is 59.0 Å². The van der Waals surface area contributed by atoms with Crippen molar-refractivity contribution in [2.24, 2.45) is 0 Å². The highest BCUT2D eigenvalue weighted by Crippen LogP contribution is 2.38. The zero-order valence-corrected chi connectivity index (χ0v) is 21.0. The Hall–Kier alpha value is -4.23. The maximum atomic E-state index is 14.0. The fourth-order valence-electron chi connectivity index (χ4n) is 4.75. The number of rotatable bonds is 6. The molecule has 14 heteroatoms. The Morgan fingerprint density at radius 1 is 1.13 bits per heavy atom. The van der Waals surface area contributed by atoms with E-state index in [4.69, 9.17) is 4.74 Å². The van der Waals surface area contributed by atoms with Crippen LogP contribution in [0.15, 0.2) is 36.5 Å². The quantitative estimate of drug-likeness (QED) is 0.436. The number of halogens is 4. The number of piperidine rings is 1. The fourth-order valence-corrected chi connectivity index (χ4v) is 4.75. The lowest BCUT2D eigenvalue weighted by Gasteiger charge is -2.42. The second-order valence-corrected chi connectivity index (χ2v) is 9.23. The van der Waals surface area contributed by atoms with Gasteiger partial charge in [0.1, 0.15) is 11.4 Å². The normalized spacial score (nSPS) is 17.1. The molecule has 2 fully saturated rings. The van der Waals surface area contributed by atoms with Crippen LogP contribution in [0, 0.1) is 5.82 Å². The van der Waals surface area contributed by atoms with Crippen LogP contribution in [0.25, 0.3) is 0 Å². The Labute approximate surface area is 220 Å². The molecule has 5 amide bonds. The molecule has 2 saturated heterocycles. The molecule has 1 N–H and O–H groups in total. The Morgan fingerprint density at radius 2 is 1.82 bits per heavy atom. The van der Waals surface area contributed by atoms with Crippen molar-refractivity contribution in [3.05, 3.63) is 59.0 Å². The Kier molecular flexibility index (Phi) is 7.48. The van der Waals surface area contributed by atoms with Crippen LogP contribution in [0.3, 0.4) is 0 Å². The number of nitrogens with zero attached hydrogens (tertiary/aromatic N) is 4. The van der Waals surface area contributed by atoms with Crippen LogP contribution in [0.2, 0.25) is 0 Å². The maximum absolute atomic E-state index is 14.0. The fraction of sp³-hybridized carbons (Fsp3) is 0.400. The van der Waals surface area contributed by atoms with E-state index in [1.54, 1.807) is 12.1 Å². The van der Waals surface area contributed by atoms with Gasteiger partial charge in [0, 0.05) is 32.4 Å². The molecule has 39 heavy (non-hydrogen) atoms.